The molecule has 2 N–H and O–H groups in total. The molecular weight excluding hydrogens is 272 g/mol. The van der Waals surface area contributed by atoms with Gasteiger partial charge < -0.3 is 5.73 Å². The molecule has 3 rings (SSSR count). The number of hydrogen-bond acceptors (Lipinski definition) is 3. The number of anilines is 1. The lowest BCUT2D eigenvalue weighted by Crippen LogP contribution is -2.35. The van der Waals surface area contributed by atoms with E-state index in [0.717, 1.165) is 12.0 Å². The fraction of sp³-hybridized carbons (Fsp3) is 0.200. The van der Waals surface area contributed by atoms with Gasteiger partial charge >= 0.3 is 0 Å². The van der Waals surface area contributed by atoms with E-state index in [2.05, 4.69) is 6.07 Å². The molecule has 0 spiro atoms. The van der Waals surface area contributed by atoms with E-state index in [1.165, 1.54) is 9.87 Å². The summed E-state index contributed by atoms with van der Waals surface area (Å²) in [4.78, 5) is 0.297. The van der Waals surface area contributed by atoms with Gasteiger partial charge in [-0.15, -0.1) is 0 Å². The van der Waals surface area contributed by atoms with Crippen LogP contribution in [0.25, 0.3) is 0 Å². The van der Waals surface area contributed by atoms with Crippen LogP contribution in [0.2, 0.25) is 0 Å². The SMILES string of the molecule is Nc1ccc(S(=O)(=O)N2CCc3ccccc3C2)cc1. The average Bonchev–Trinajstić information content (AvgIpc) is 2.47. The second-order valence-electron chi connectivity index (χ2n) is 4.93. The molecule has 0 aliphatic carbocycles. The molecule has 0 bridgehead atoms. The lowest BCUT2D eigenvalue weighted by atomic mass is 10.0. The van der Waals surface area contributed by atoms with Gasteiger partial charge in [-0.25, -0.2) is 8.42 Å². The van der Waals surface area contributed by atoms with Gasteiger partial charge in [0.25, 0.3) is 0 Å². The average molecular weight is 288 g/mol. The summed E-state index contributed by atoms with van der Waals surface area (Å²) in [5, 5.41) is 0. The van der Waals surface area contributed by atoms with Crippen molar-refractivity contribution >= 4 is 15.7 Å². The Hall–Kier alpha value is -1.85. The first kappa shape index (κ1) is 13.1. The normalized spacial score (nSPS) is 15.8. The van der Waals surface area contributed by atoms with Crippen molar-refractivity contribution in [2.24, 2.45) is 0 Å². The first-order valence-electron chi connectivity index (χ1n) is 6.50. The van der Waals surface area contributed by atoms with Gasteiger partial charge in [-0.1, -0.05) is 24.3 Å². The number of rotatable bonds is 2. The highest BCUT2D eigenvalue weighted by molar-refractivity contribution is 7.89. The number of hydrogen-bond donors (Lipinski definition) is 1. The molecule has 1 aliphatic heterocycles. The molecule has 20 heavy (non-hydrogen) atoms. The lowest BCUT2D eigenvalue weighted by molar-refractivity contribution is 0.391. The molecule has 0 fully saturated rings. The van der Waals surface area contributed by atoms with E-state index in [0.29, 0.717) is 23.7 Å². The Balaban J connectivity index is 1.92. The number of fused-ring (bicyclic) bond motifs is 1. The van der Waals surface area contributed by atoms with Crippen LogP contribution in [0.5, 0.6) is 0 Å². The molecule has 1 heterocycles. The van der Waals surface area contributed by atoms with Gasteiger partial charge in [-0.3, -0.25) is 0 Å². The van der Waals surface area contributed by atoms with Crippen molar-refractivity contribution in [1.82, 2.24) is 4.31 Å². The predicted molar refractivity (Wildman–Crippen MR) is 78.6 cm³/mol. The van der Waals surface area contributed by atoms with E-state index in [4.69, 9.17) is 5.73 Å². The van der Waals surface area contributed by atoms with Crippen LogP contribution in [0.15, 0.2) is 53.4 Å². The third kappa shape index (κ3) is 2.30. The summed E-state index contributed by atoms with van der Waals surface area (Å²) in [7, 11) is -3.44. The highest BCUT2D eigenvalue weighted by Crippen LogP contribution is 2.25. The molecule has 0 saturated carbocycles. The Morgan fingerprint density at radius 3 is 2.30 bits per heavy atom. The molecule has 1 aliphatic rings. The summed E-state index contributed by atoms with van der Waals surface area (Å²) in [5.41, 5.74) is 8.48. The largest absolute Gasteiger partial charge is 0.399 e. The van der Waals surface area contributed by atoms with Crippen LogP contribution < -0.4 is 5.73 Å². The smallest absolute Gasteiger partial charge is 0.243 e. The fourth-order valence-corrected chi connectivity index (χ4v) is 3.88. The van der Waals surface area contributed by atoms with E-state index in [1.807, 2.05) is 18.2 Å². The van der Waals surface area contributed by atoms with Crippen molar-refractivity contribution in [3.8, 4) is 0 Å². The van der Waals surface area contributed by atoms with E-state index in [1.54, 1.807) is 24.3 Å². The van der Waals surface area contributed by atoms with Crippen molar-refractivity contribution in [3.05, 3.63) is 59.7 Å². The highest BCUT2D eigenvalue weighted by atomic mass is 32.2. The van der Waals surface area contributed by atoms with Crippen molar-refractivity contribution in [3.63, 3.8) is 0 Å². The van der Waals surface area contributed by atoms with Crippen molar-refractivity contribution in [2.75, 3.05) is 12.3 Å². The molecular formula is C15H16N2O2S. The summed E-state index contributed by atoms with van der Waals surface area (Å²) < 4.78 is 26.7. The van der Waals surface area contributed by atoms with E-state index >= 15 is 0 Å². The van der Waals surface area contributed by atoms with Crippen LogP contribution in [-0.4, -0.2) is 19.3 Å². The minimum atomic E-state index is -3.44. The maximum absolute atomic E-state index is 12.6. The summed E-state index contributed by atoms with van der Waals surface area (Å²) in [6.45, 7) is 0.951. The Labute approximate surface area is 118 Å². The van der Waals surface area contributed by atoms with E-state index in [-0.39, 0.29) is 0 Å². The maximum atomic E-state index is 12.6. The predicted octanol–water partition coefficient (Wildman–Crippen LogP) is 2.02. The monoisotopic (exact) mass is 288 g/mol. The number of benzene rings is 2. The maximum Gasteiger partial charge on any atom is 0.243 e. The van der Waals surface area contributed by atoms with Crippen molar-refractivity contribution < 1.29 is 8.42 Å². The highest BCUT2D eigenvalue weighted by Gasteiger charge is 2.27. The molecule has 0 saturated heterocycles. The van der Waals surface area contributed by atoms with Crippen LogP contribution in [-0.2, 0) is 23.0 Å². The molecule has 0 unspecified atom stereocenters. The number of nitrogens with zero attached hydrogens (tertiary/aromatic N) is 1. The Morgan fingerprint density at radius 2 is 1.60 bits per heavy atom. The van der Waals surface area contributed by atoms with Gasteiger partial charge in [0.1, 0.15) is 0 Å². The summed E-state index contributed by atoms with van der Waals surface area (Å²) in [6, 6.07) is 14.3. The Bertz CT molecular complexity index is 724. The second kappa shape index (κ2) is 4.92. The second-order valence-corrected chi connectivity index (χ2v) is 6.86. The number of nitrogens with two attached hydrogens (primary N) is 1. The zero-order chi connectivity index (χ0) is 14.2. The topological polar surface area (TPSA) is 63.4 Å². The zero-order valence-corrected chi connectivity index (χ0v) is 11.8. The summed E-state index contributed by atoms with van der Waals surface area (Å²) in [6.07, 6.45) is 0.754. The van der Waals surface area contributed by atoms with Gasteiger partial charge in [0.15, 0.2) is 0 Å². The molecule has 0 atom stereocenters. The summed E-state index contributed by atoms with van der Waals surface area (Å²) in [5.74, 6) is 0. The molecule has 4 nitrogen and oxygen atoms in total. The van der Waals surface area contributed by atoms with Gasteiger partial charge in [-0.2, -0.15) is 4.31 Å². The molecule has 2 aromatic carbocycles. The quantitative estimate of drug-likeness (QED) is 0.860. The Kier molecular flexibility index (Phi) is 3.23. The van der Waals surface area contributed by atoms with Crippen LogP contribution >= 0.6 is 0 Å². The van der Waals surface area contributed by atoms with Crippen LogP contribution in [0.1, 0.15) is 11.1 Å². The standard InChI is InChI=1S/C15H16N2O2S/c16-14-5-7-15(8-6-14)20(18,19)17-10-9-12-3-1-2-4-13(12)11-17/h1-8H,9-11,16H2. The third-order valence-electron chi connectivity index (χ3n) is 3.61. The van der Waals surface area contributed by atoms with Gasteiger partial charge in [0.05, 0.1) is 4.90 Å². The van der Waals surface area contributed by atoms with Crippen LogP contribution in [0.3, 0.4) is 0 Å². The molecule has 0 radical (unpaired) electrons. The molecule has 104 valence electrons. The zero-order valence-electron chi connectivity index (χ0n) is 11.0. The summed E-state index contributed by atoms with van der Waals surface area (Å²) >= 11 is 0. The first-order valence-corrected chi connectivity index (χ1v) is 7.94. The van der Waals surface area contributed by atoms with E-state index in [9.17, 15) is 8.42 Å². The van der Waals surface area contributed by atoms with Crippen LogP contribution in [0.4, 0.5) is 5.69 Å². The molecule has 0 aromatic heterocycles. The third-order valence-corrected chi connectivity index (χ3v) is 5.47. The Morgan fingerprint density at radius 1 is 0.950 bits per heavy atom. The molecule has 2 aromatic rings. The fourth-order valence-electron chi connectivity index (χ4n) is 2.46. The first-order chi connectivity index (χ1) is 9.57. The molecule has 5 heteroatoms. The van der Waals surface area contributed by atoms with Gasteiger partial charge in [0.2, 0.25) is 10.0 Å². The van der Waals surface area contributed by atoms with Crippen molar-refractivity contribution in [2.45, 2.75) is 17.9 Å². The van der Waals surface area contributed by atoms with Gasteiger partial charge in [-0.05, 0) is 41.8 Å². The number of nitrogen functional groups attached to an aromatic ring is 1. The minimum Gasteiger partial charge on any atom is -0.399 e. The van der Waals surface area contributed by atoms with Crippen LogP contribution in [0, 0.1) is 0 Å². The minimum absolute atomic E-state index is 0.297. The van der Waals surface area contributed by atoms with Gasteiger partial charge in [0, 0.05) is 18.8 Å². The van der Waals surface area contributed by atoms with Crippen molar-refractivity contribution in [1.29, 1.82) is 0 Å². The number of sulfonamides is 1. The lowest BCUT2D eigenvalue weighted by Gasteiger charge is -2.28. The molecule has 0 amide bonds. The van der Waals surface area contributed by atoms with E-state index < -0.39 is 10.0 Å².